The van der Waals surface area contributed by atoms with Crippen LogP contribution in [0.4, 0.5) is 0 Å². The lowest BCUT2D eigenvalue weighted by atomic mass is 9.95. The number of hydrogen-bond donors (Lipinski definition) is 1. The maximum Gasteiger partial charge on any atom is 0.229 e. The third-order valence-electron chi connectivity index (χ3n) is 1.59. The first kappa shape index (κ1) is 12.6. The van der Waals surface area contributed by atoms with E-state index >= 15 is 0 Å². The van der Waals surface area contributed by atoms with Gasteiger partial charge in [0.25, 0.3) is 0 Å². The van der Waals surface area contributed by atoms with Crippen LogP contribution in [0.2, 0.25) is 0 Å². The van der Waals surface area contributed by atoms with Gasteiger partial charge < -0.3 is 5.32 Å². The number of aliphatic imine (C=N–C) groups is 1. The summed E-state index contributed by atoms with van der Waals surface area (Å²) >= 11 is 0. The van der Waals surface area contributed by atoms with Crippen LogP contribution in [0.15, 0.2) is 29.0 Å². The zero-order valence-corrected chi connectivity index (χ0v) is 9.35. The summed E-state index contributed by atoms with van der Waals surface area (Å²) in [5.74, 6) is -0.0596. The SMILES string of the molecule is C=NC(C)=CC(=C)NC(=O)C(C)(C)C. The van der Waals surface area contributed by atoms with Crippen LogP contribution in [0.5, 0.6) is 0 Å². The van der Waals surface area contributed by atoms with E-state index in [0.717, 1.165) is 5.70 Å². The van der Waals surface area contributed by atoms with Gasteiger partial charge in [-0.25, -0.2) is 0 Å². The maximum atomic E-state index is 11.5. The van der Waals surface area contributed by atoms with Crippen molar-refractivity contribution in [2.45, 2.75) is 27.7 Å². The van der Waals surface area contributed by atoms with Gasteiger partial charge in [0.15, 0.2) is 0 Å². The van der Waals surface area contributed by atoms with E-state index < -0.39 is 5.41 Å². The van der Waals surface area contributed by atoms with Crippen molar-refractivity contribution in [3.63, 3.8) is 0 Å². The summed E-state index contributed by atoms with van der Waals surface area (Å²) in [6.07, 6.45) is 1.68. The second kappa shape index (κ2) is 4.74. The Kier molecular flexibility index (Phi) is 4.28. The Morgan fingerprint density at radius 1 is 1.43 bits per heavy atom. The number of allylic oxidation sites excluding steroid dienone is 2. The summed E-state index contributed by atoms with van der Waals surface area (Å²) in [6, 6.07) is 0. The molecule has 0 fully saturated rings. The summed E-state index contributed by atoms with van der Waals surface area (Å²) in [7, 11) is 0. The normalized spacial score (nSPS) is 12.1. The Labute approximate surface area is 85.6 Å². The average molecular weight is 194 g/mol. The molecule has 0 aliphatic heterocycles. The highest BCUT2D eigenvalue weighted by Crippen LogP contribution is 2.13. The number of nitrogens with zero attached hydrogens (tertiary/aromatic N) is 1. The standard InChI is InChI=1S/C11H18N2O/c1-8(12-6)7-9(2)13-10(14)11(3,4)5/h7H,2,6H2,1,3-5H3,(H,13,14). The first-order valence-electron chi connectivity index (χ1n) is 4.42. The van der Waals surface area contributed by atoms with Crippen LogP contribution in [0.3, 0.4) is 0 Å². The van der Waals surface area contributed by atoms with Gasteiger partial charge >= 0.3 is 0 Å². The summed E-state index contributed by atoms with van der Waals surface area (Å²) in [6.45, 7) is 14.4. The van der Waals surface area contributed by atoms with Crippen molar-refractivity contribution in [1.82, 2.24) is 5.32 Å². The minimum atomic E-state index is -0.410. The molecule has 0 rings (SSSR count). The van der Waals surface area contributed by atoms with E-state index in [9.17, 15) is 4.79 Å². The Hall–Kier alpha value is -1.38. The zero-order valence-electron chi connectivity index (χ0n) is 9.35. The lowest BCUT2D eigenvalue weighted by molar-refractivity contribution is -0.127. The fourth-order valence-electron chi connectivity index (χ4n) is 0.667. The molecule has 0 bridgehead atoms. The molecule has 0 spiro atoms. The molecule has 0 aromatic heterocycles. The third kappa shape index (κ3) is 4.60. The largest absolute Gasteiger partial charge is 0.326 e. The topological polar surface area (TPSA) is 41.5 Å². The van der Waals surface area contributed by atoms with Crippen LogP contribution in [0.25, 0.3) is 0 Å². The van der Waals surface area contributed by atoms with Crippen LogP contribution in [0.1, 0.15) is 27.7 Å². The molecular weight excluding hydrogens is 176 g/mol. The predicted molar refractivity (Wildman–Crippen MR) is 60.0 cm³/mol. The Balaban J connectivity index is 4.36. The van der Waals surface area contributed by atoms with Crippen molar-refractivity contribution >= 4 is 12.6 Å². The van der Waals surface area contributed by atoms with Crippen molar-refractivity contribution in [2.75, 3.05) is 0 Å². The average Bonchev–Trinajstić information content (AvgIpc) is 2.02. The van der Waals surface area contributed by atoms with Crippen molar-refractivity contribution in [3.05, 3.63) is 24.0 Å². The number of carbonyl (C=O) groups excluding carboxylic acids is 1. The molecule has 0 atom stereocenters. The van der Waals surface area contributed by atoms with Gasteiger partial charge in [-0.1, -0.05) is 27.4 Å². The summed E-state index contributed by atoms with van der Waals surface area (Å²) in [5, 5.41) is 2.69. The molecule has 0 aromatic carbocycles. The minimum Gasteiger partial charge on any atom is -0.326 e. The quantitative estimate of drug-likeness (QED) is 0.543. The van der Waals surface area contributed by atoms with Crippen LogP contribution >= 0.6 is 0 Å². The molecule has 3 nitrogen and oxygen atoms in total. The fourth-order valence-corrected chi connectivity index (χ4v) is 0.667. The number of hydrogen-bond acceptors (Lipinski definition) is 2. The van der Waals surface area contributed by atoms with Crippen LogP contribution in [0, 0.1) is 5.41 Å². The highest BCUT2D eigenvalue weighted by atomic mass is 16.2. The van der Waals surface area contributed by atoms with Gasteiger partial charge in [0.2, 0.25) is 5.91 Å². The van der Waals surface area contributed by atoms with E-state index in [1.54, 1.807) is 13.0 Å². The molecule has 78 valence electrons. The number of carbonyl (C=O) groups is 1. The third-order valence-corrected chi connectivity index (χ3v) is 1.59. The molecule has 1 amide bonds. The number of rotatable bonds is 3. The second-order valence-electron chi connectivity index (χ2n) is 4.17. The molecule has 0 aliphatic carbocycles. The molecule has 1 N–H and O–H groups in total. The smallest absolute Gasteiger partial charge is 0.229 e. The van der Waals surface area contributed by atoms with E-state index in [1.165, 1.54) is 0 Å². The lowest BCUT2D eigenvalue weighted by Crippen LogP contribution is -2.33. The molecule has 0 aliphatic rings. The van der Waals surface area contributed by atoms with Crippen molar-refractivity contribution < 1.29 is 4.79 Å². The first-order chi connectivity index (χ1) is 6.27. The van der Waals surface area contributed by atoms with E-state index in [-0.39, 0.29) is 5.91 Å². The fraction of sp³-hybridized carbons (Fsp3) is 0.455. The molecule has 0 radical (unpaired) electrons. The van der Waals surface area contributed by atoms with Gasteiger partial charge in [-0.05, 0) is 19.7 Å². The highest BCUT2D eigenvalue weighted by Gasteiger charge is 2.20. The molecule has 0 saturated carbocycles. The summed E-state index contributed by atoms with van der Waals surface area (Å²) < 4.78 is 0. The monoisotopic (exact) mass is 194 g/mol. The molecular formula is C11H18N2O. The molecule has 0 heterocycles. The van der Waals surface area contributed by atoms with Gasteiger partial charge in [0.1, 0.15) is 0 Å². The van der Waals surface area contributed by atoms with Gasteiger partial charge in [0, 0.05) is 16.8 Å². The van der Waals surface area contributed by atoms with Crippen LogP contribution in [-0.2, 0) is 4.79 Å². The van der Waals surface area contributed by atoms with E-state index in [4.69, 9.17) is 0 Å². The van der Waals surface area contributed by atoms with Gasteiger partial charge in [-0.15, -0.1) is 0 Å². The summed E-state index contributed by atoms with van der Waals surface area (Å²) in [4.78, 5) is 15.2. The van der Waals surface area contributed by atoms with Gasteiger partial charge in [-0.3, -0.25) is 9.79 Å². The van der Waals surface area contributed by atoms with Crippen molar-refractivity contribution in [1.29, 1.82) is 0 Å². The molecule has 0 aromatic rings. The Bertz CT molecular complexity index is 282. The number of nitrogens with one attached hydrogen (secondary N) is 1. The molecule has 0 saturated heterocycles. The number of amides is 1. The van der Waals surface area contributed by atoms with Gasteiger partial charge in [-0.2, -0.15) is 0 Å². The Morgan fingerprint density at radius 2 is 1.93 bits per heavy atom. The van der Waals surface area contributed by atoms with E-state index in [0.29, 0.717) is 5.70 Å². The Morgan fingerprint density at radius 3 is 2.29 bits per heavy atom. The van der Waals surface area contributed by atoms with Crippen LogP contribution in [-0.4, -0.2) is 12.6 Å². The van der Waals surface area contributed by atoms with Gasteiger partial charge in [0.05, 0.1) is 0 Å². The predicted octanol–water partition coefficient (Wildman–Crippen LogP) is 2.27. The summed E-state index contributed by atoms with van der Waals surface area (Å²) in [5.41, 5.74) is 0.853. The first-order valence-corrected chi connectivity index (χ1v) is 4.42. The highest BCUT2D eigenvalue weighted by molar-refractivity contribution is 5.83. The van der Waals surface area contributed by atoms with E-state index in [1.807, 2.05) is 20.8 Å². The lowest BCUT2D eigenvalue weighted by Gasteiger charge is -2.17. The maximum absolute atomic E-state index is 11.5. The zero-order chi connectivity index (χ0) is 11.4. The molecule has 14 heavy (non-hydrogen) atoms. The van der Waals surface area contributed by atoms with Crippen molar-refractivity contribution in [3.8, 4) is 0 Å². The minimum absolute atomic E-state index is 0.0596. The van der Waals surface area contributed by atoms with Crippen molar-refractivity contribution in [2.24, 2.45) is 10.4 Å². The second-order valence-corrected chi connectivity index (χ2v) is 4.17. The van der Waals surface area contributed by atoms with E-state index in [2.05, 4.69) is 23.6 Å². The van der Waals surface area contributed by atoms with Crippen LogP contribution < -0.4 is 5.32 Å². The molecule has 3 heteroatoms. The molecule has 0 unspecified atom stereocenters.